The molecule has 1 fully saturated rings. The molecule has 2 aliphatic heterocycles. The summed E-state index contributed by atoms with van der Waals surface area (Å²) in [6, 6.07) is 31.9. The van der Waals surface area contributed by atoms with Gasteiger partial charge in [0.2, 0.25) is 0 Å². The molecule has 0 aliphatic carbocycles. The van der Waals surface area contributed by atoms with Gasteiger partial charge in [-0.15, -0.1) is 0 Å². The minimum absolute atomic E-state index is 0.163. The number of benzene rings is 4. The summed E-state index contributed by atoms with van der Waals surface area (Å²) in [4.78, 5) is 0. The molecule has 0 saturated carbocycles. The molecule has 2 heterocycles. The molecule has 0 amide bonds. The molecule has 1 N–H and O–H groups in total. The van der Waals surface area contributed by atoms with Gasteiger partial charge < -0.3 is 0 Å². The summed E-state index contributed by atoms with van der Waals surface area (Å²) in [5.74, 6) is 0.347. The average Bonchev–Trinajstić information content (AvgIpc) is 3.50. The number of aromatic hydroxyl groups is 1. The third-order valence-corrected chi connectivity index (χ3v) is 10.7. The summed E-state index contributed by atoms with van der Waals surface area (Å²) in [5, 5.41) is 9.36. The molecule has 8 heteroatoms. The van der Waals surface area contributed by atoms with Crippen molar-refractivity contribution in [2.45, 2.75) is 23.9 Å². The monoisotopic (exact) mass is 610 g/mol. The van der Waals surface area contributed by atoms with Crippen molar-refractivity contribution >= 4 is 56.7 Å². The zero-order chi connectivity index (χ0) is 26.3. The summed E-state index contributed by atoms with van der Waals surface area (Å²) in [5.41, 5.74) is 3.60. The van der Waals surface area contributed by atoms with Gasteiger partial charge in [-0.1, -0.05) is 11.6 Å². The number of rotatable bonds is 7. The molecule has 5 nitrogen and oxygen atoms in total. The Bertz CT molecular complexity index is 1600. The van der Waals surface area contributed by atoms with Gasteiger partial charge in [0, 0.05) is 0 Å². The molecule has 6 rings (SSSR count). The molecule has 4 aromatic rings. The molecular weight excluding hydrogens is 587 g/mol. The molecule has 0 radical (unpaired) electrons. The van der Waals surface area contributed by atoms with Crippen molar-refractivity contribution in [2.24, 2.45) is 0 Å². The predicted octanol–water partition coefficient (Wildman–Crippen LogP) is 4.56. The second-order valence-corrected chi connectivity index (χ2v) is 13.8. The molecule has 192 valence electrons. The number of hydrogen-bond donors (Lipinski definition) is 1. The van der Waals surface area contributed by atoms with Crippen molar-refractivity contribution in [3.05, 3.63) is 119 Å². The number of phenolic OH excluding ortho intramolecular Hbond substituents is 1. The number of halogens is 1. The van der Waals surface area contributed by atoms with E-state index in [1.54, 1.807) is 30.3 Å². The van der Waals surface area contributed by atoms with E-state index in [4.69, 9.17) is 20.5 Å². The SMILES string of the molecule is O=S(=O)(Oc1cccc(Cl)c1)C1CC2OC1C(c1ccc([Se]c3ccccc3)cc1)=C2c1ccc(O)cc1. The van der Waals surface area contributed by atoms with Crippen LogP contribution in [0.15, 0.2) is 103 Å². The predicted molar refractivity (Wildman–Crippen MR) is 151 cm³/mol. The van der Waals surface area contributed by atoms with Crippen molar-refractivity contribution in [1.82, 2.24) is 0 Å². The van der Waals surface area contributed by atoms with Gasteiger partial charge in [0.15, 0.2) is 0 Å². The average molecular weight is 610 g/mol. The Morgan fingerprint density at radius 2 is 1.47 bits per heavy atom. The van der Waals surface area contributed by atoms with Crippen LogP contribution < -0.4 is 13.1 Å². The van der Waals surface area contributed by atoms with E-state index in [9.17, 15) is 13.5 Å². The quantitative estimate of drug-likeness (QED) is 0.246. The van der Waals surface area contributed by atoms with E-state index in [-0.39, 0.29) is 32.9 Å². The molecule has 0 spiro atoms. The van der Waals surface area contributed by atoms with Crippen molar-refractivity contribution in [3.63, 3.8) is 0 Å². The molecule has 38 heavy (non-hydrogen) atoms. The van der Waals surface area contributed by atoms with Crippen molar-refractivity contribution in [1.29, 1.82) is 0 Å². The van der Waals surface area contributed by atoms with E-state index in [0.717, 1.165) is 22.3 Å². The van der Waals surface area contributed by atoms with Gasteiger partial charge in [0.1, 0.15) is 0 Å². The Balaban J connectivity index is 1.36. The Morgan fingerprint density at radius 1 is 0.816 bits per heavy atom. The molecule has 4 aromatic carbocycles. The third kappa shape index (κ3) is 5.00. The van der Waals surface area contributed by atoms with E-state index >= 15 is 0 Å². The van der Waals surface area contributed by atoms with Crippen LogP contribution in [0.25, 0.3) is 11.1 Å². The number of ether oxygens (including phenoxy) is 1. The zero-order valence-electron chi connectivity index (χ0n) is 20.0. The summed E-state index contributed by atoms with van der Waals surface area (Å²) in [6.07, 6.45) is -0.809. The number of hydrogen-bond acceptors (Lipinski definition) is 5. The van der Waals surface area contributed by atoms with Crippen LogP contribution in [0, 0.1) is 0 Å². The Morgan fingerprint density at radius 3 is 2.18 bits per heavy atom. The van der Waals surface area contributed by atoms with Crippen molar-refractivity contribution < 1.29 is 22.4 Å². The second-order valence-electron chi connectivity index (χ2n) is 9.17. The van der Waals surface area contributed by atoms with Gasteiger partial charge in [0.05, 0.1) is 0 Å². The first-order chi connectivity index (χ1) is 18.4. The third-order valence-electron chi connectivity index (χ3n) is 6.69. The fraction of sp³-hybridized carbons (Fsp3) is 0.133. The number of phenols is 1. The molecule has 3 atom stereocenters. The second kappa shape index (κ2) is 10.2. The van der Waals surface area contributed by atoms with Crippen LogP contribution in [0.1, 0.15) is 17.5 Å². The van der Waals surface area contributed by atoms with Crippen LogP contribution in [-0.2, 0) is 14.9 Å². The Hall–Kier alpha value is -3.06. The Labute approximate surface area is 233 Å². The Kier molecular flexibility index (Phi) is 6.81. The minimum atomic E-state index is -4.02. The summed E-state index contributed by atoms with van der Waals surface area (Å²) in [7, 11) is -4.02. The van der Waals surface area contributed by atoms with E-state index in [1.165, 1.54) is 15.0 Å². The van der Waals surface area contributed by atoms with E-state index < -0.39 is 27.6 Å². The van der Waals surface area contributed by atoms with E-state index in [1.807, 2.05) is 42.5 Å². The molecule has 2 aliphatic rings. The van der Waals surface area contributed by atoms with Gasteiger partial charge in [-0.3, -0.25) is 0 Å². The van der Waals surface area contributed by atoms with Gasteiger partial charge >= 0.3 is 216 Å². The molecule has 1 saturated heterocycles. The first-order valence-corrected chi connectivity index (χ1v) is 15.6. The molecule has 3 unspecified atom stereocenters. The van der Waals surface area contributed by atoms with Crippen LogP contribution >= 0.6 is 11.6 Å². The maximum atomic E-state index is 13.4. The van der Waals surface area contributed by atoms with Gasteiger partial charge in [-0.05, 0) is 6.07 Å². The fourth-order valence-corrected chi connectivity index (χ4v) is 8.38. The first-order valence-electron chi connectivity index (χ1n) is 12.1. The van der Waals surface area contributed by atoms with E-state index in [0.29, 0.717) is 5.02 Å². The molecule has 2 bridgehead atoms. The van der Waals surface area contributed by atoms with Gasteiger partial charge in [-0.25, -0.2) is 0 Å². The van der Waals surface area contributed by atoms with Gasteiger partial charge in [-0.2, -0.15) is 0 Å². The van der Waals surface area contributed by atoms with E-state index in [2.05, 4.69) is 24.3 Å². The van der Waals surface area contributed by atoms with Crippen LogP contribution in [0.5, 0.6) is 11.5 Å². The summed E-state index contributed by atoms with van der Waals surface area (Å²) in [6.45, 7) is 0. The van der Waals surface area contributed by atoms with Crippen LogP contribution in [-0.4, -0.2) is 45.9 Å². The summed E-state index contributed by atoms with van der Waals surface area (Å²) < 4.78 is 41.2. The number of fused-ring (bicyclic) bond motifs is 2. The standard InChI is InChI=1S/C30H23ClO5SSe/c31-21-5-4-6-23(17-21)36-37(33,34)27-18-26-28(19-9-13-22(32)14-10-19)29(30(27)35-26)20-11-15-25(16-12-20)38-24-7-2-1-3-8-24/h1-17,26-27,30,32H,18H2. The van der Waals surface area contributed by atoms with Gasteiger partial charge in [0.25, 0.3) is 0 Å². The normalized spacial score (nSPS) is 20.6. The maximum absolute atomic E-state index is 13.4. The fourth-order valence-electron chi connectivity index (χ4n) is 5.03. The molecule has 0 aromatic heterocycles. The van der Waals surface area contributed by atoms with Crippen LogP contribution in [0.2, 0.25) is 5.02 Å². The topological polar surface area (TPSA) is 72.8 Å². The summed E-state index contributed by atoms with van der Waals surface area (Å²) >= 11 is 6.20. The first kappa shape index (κ1) is 25.2. The van der Waals surface area contributed by atoms with Crippen LogP contribution in [0.4, 0.5) is 0 Å². The molecular formula is C30H23ClO5SSe. The van der Waals surface area contributed by atoms with Crippen LogP contribution in [0.3, 0.4) is 0 Å². The van der Waals surface area contributed by atoms with Crippen molar-refractivity contribution in [2.75, 3.05) is 0 Å². The van der Waals surface area contributed by atoms with Crippen molar-refractivity contribution in [3.8, 4) is 11.5 Å². The zero-order valence-corrected chi connectivity index (χ0v) is 23.3.